The fourth-order valence-electron chi connectivity index (χ4n) is 4.08. The Morgan fingerprint density at radius 3 is 2.89 bits per heavy atom. The molecular weight excluding hydrogens is 362 g/mol. The van der Waals surface area contributed by atoms with Gasteiger partial charge in [-0.25, -0.2) is 9.78 Å². The average Bonchev–Trinajstić information content (AvgIpc) is 3.04. The van der Waals surface area contributed by atoms with Gasteiger partial charge in [-0.05, 0) is 36.9 Å². The van der Waals surface area contributed by atoms with Gasteiger partial charge >= 0.3 is 5.97 Å². The molecule has 0 bridgehead atoms. The van der Waals surface area contributed by atoms with Crippen molar-refractivity contribution >= 4 is 16.9 Å². The van der Waals surface area contributed by atoms with Gasteiger partial charge in [0, 0.05) is 23.1 Å². The molecule has 3 N–H and O–H groups in total. The summed E-state index contributed by atoms with van der Waals surface area (Å²) in [5, 5.41) is 24.1. The van der Waals surface area contributed by atoms with Gasteiger partial charge in [-0.2, -0.15) is 0 Å². The first-order valence-corrected chi connectivity index (χ1v) is 8.90. The van der Waals surface area contributed by atoms with E-state index in [9.17, 15) is 19.8 Å². The Morgan fingerprint density at radius 2 is 2.11 bits per heavy atom. The van der Waals surface area contributed by atoms with Gasteiger partial charge in [-0.15, -0.1) is 0 Å². The van der Waals surface area contributed by atoms with E-state index < -0.39 is 12.1 Å². The largest absolute Gasteiger partial charge is 0.508 e. The monoisotopic (exact) mass is 379 g/mol. The van der Waals surface area contributed by atoms with Crippen molar-refractivity contribution in [2.75, 3.05) is 7.05 Å². The lowest BCUT2D eigenvalue weighted by Gasteiger charge is -2.21. The number of rotatable bonds is 2. The van der Waals surface area contributed by atoms with Crippen molar-refractivity contribution < 1.29 is 19.7 Å². The SMILES string of the molecule is CNCc1c2c(nc3ccc(O)cc13)-c1cc3c(c(=O)n1C2)COC(=O)C3O. The van der Waals surface area contributed by atoms with Gasteiger partial charge in [0.1, 0.15) is 12.4 Å². The average molecular weight is 379 g/mol. The van der Waals surface area contributed by atoms with Crippen LogP contribution in [-0.4, -0.2) is 32.8 Å². The lowest BCUT2D eigenvalue weighted by molar-refractivity contribution is -0.157. The number of carbonyl (C=O) groups excluding carboxylic acids is 1. The quantitative estimate of drug-likeness (QED) is 0.444. The van der Waals surface area contributed by atoms with Crippen LogP contribution in [0.5, 0.6) is 5.75 Å². The van der Waals surface area contributed by atoms with E-state index >= 15 is 0 Å². The third-order valence-corrected chi connectivity index (χ3v) is 5.41. The van der Waals surface area contributed by atoms with Crippen LogP contribution in [0.4, 0.5) is 0 Å². The smallest absolute Gasteiger partial charge is 0.340 e. The molecule has 5 rings (SSSR count). The summed E-state index contributed by atoms with van der Waals surface area (Å²) in [5.74, 6) is -0.610. The molecule has 0 aliphatic carbocycles. The minimum atomic E-state index is -1.47. The number of ether oxygens (including phenoxy) is 1. The highest BCUT2D eigenvalue weighted by molar-refractivity contribution is 5.89. The van der Waals surface area contributed by atoms with E-state index in [0.29, 0.717) is 35.6 Å². The second kappa shape index (κ2) is 5.88. The standard InChI is InChI=1S/C20H17N3O5/c1-21-6-12-10-4-9(24)2-3-15(10)22-17-13(12)7-23-16(17)5-11-14(19(23)26)8-28-20(27)18(11)25/h2-5,18,21,24-25H,6-8H2,1H3. The molecule has 0 amide bonds. The van der Waals surface area contributed by atoms with Crippen LogP contribution >= 0.6 is 0 Å². The van der Waals surface area contributed by atoms with Crippen molar-refractivity contribution in [3.8, 4) is 17.1 Å². The number of aliphatic hydroxyl groups excluding tert-OH is 1. The lowest BCUT2D eigenvalue weighted by atomic mass is 9.98. The summed E-state index contributed by atoms with van der Waals surface area (Å²) in [6.07, 6.45) is -1.47. The number of aromatic hydroxyl groups is 1. The van der Waals surface area contributed by atoms with Crippen LogP contribution in [0.2, 0.25) is 0 Å². The van der Waals surface area contributed by atoms with Crippen molar-refractivity contribution in [1.29, 1.82) is 0 Å². The van der Waals surface area contributed by atoms with E-state index in [1.807, 2.05) is 7.05 Å². The second-order valence-corrected chi connectivity index (χ2v) is 7.01. The molecule has 1 unspecified atom stereocenters. The summed E-state index contributed by atoms with van der Waals surface area (Å²) in [5.41, 5.74) is 4.03. The number of benzene rings is 1. The second-order valence-electron chi connectivity index (χ2n) is 7.01. The predicted molar refractivity (Wildman–Crippen MR) is 99.7 cm³/mol. The zero-order chi connectivity index (χ0) is 19.6. The molecule has 142 valence electrons. The molecule has 1 atom stereocenters. The number of cyclic esters (lactones) is 1. The highest BCUT2D eigenvalue weighted by Gasteiger charge is 2.34. The van der Waals surface area contributed by atoms with Gasteiger partial charge in [-0.3, -0.25) is 4.79 Å². The van der Waals surface area contributed by atoms with Crippen LogP contribution < -0.4 is 10.9 Å². The maximum Gasteiger partial charge on any atom is 0.340 e. The van der Waals surface area contributed by atoms with Gasteiger partial charge < -0.3 is 24.8 Å². The number of nitrogens with zero attached hydrogens (tertiary/aromatic N) is 2. The highest BCUT2D eigenvalue weighted by atomic mass is 16.5. The molecule has 0 saturated carbocycles. The Labute approximate surface area is 159 Å². The van der Waals surface area contributed by atoms with Crippen LogP contribution in [0, 0.1) is 0 Å². The molecular formula is C20H17N3O5. The number of fused-ring (bicyclic) bond motifs is 5. The minimum Gasteiger partial charge on any atom is -0.508 e. The van der Waals surface area contributed by atoms with E-state index in [-0.39, 0.29) is 23.5 Å². The number of aromatic nitrogens is 2. The van der Waals surface area contributed by atoms with Gasteiger partial charge in [0.15, 0.2) is 6.10 Å². The molecule has 1 aromatic carbocycles. The number of hydrogen-bond donors (Lipinski definition) is 3. The van der Waals surface area contributed by atoms with Crippen molar-refractivity contribution in [1.82, 2.24) is 14.9 Å². The number of phenolic OH excluding ortho intramolecular Hbond substituents is 1. The predicted octanol–water partition coefficient (Wildman–Crippen LogP) is 0.940. The van der Waals surface area contributed by atoms with Crippen molar-refractivity contribution in [2.24, 2.45) is 0 Å². The molecule has 0 spiro atoms. The summed E-state index contributed by atoms with van der Waals surface area (Å²) in [6, 6.07) is 6.63. The molecule has 28 heavy (non-hydrogen) atoms. The van der Waals surface area contributed by atoms with Crippen LogP contribution in [0.25, 0.3) is 22.3 Å². The van der Waals surface area contributed by atoms with Crippen LogP contribution in [-0.2, 0) is 29.2 Å². The van der Waals surface area contributed by atoms with Crippen molar-refractivity contribution in [2.45, 2.75) is 25.8 Å². The van der Waals surface area contributed by atoms with Crippen molar-refractivity contribution in [3.05, 3.63) is 56.9 Å². The third kappa shape index (κ3) is 2.22. The topological polar surface area (TPSA) is 114 Å². The molecule has 0 saturated heterocycles. The number of nitrogens with one attached hydrogen (secondary N) is 1. The number of aliphatic hydroxyl groups is 1. The maximum atomic E-state index is 13.0. The Hall–Kier alpha value is -3.23. The van der Waals surface area contributed by atoms with E-state index in [4.69, 9.17) is 9.72 Å². The molecule has 0 fully saturated rings. The van der Waals surface area contributed by atoms with Crippen LogP contribution in [0.15, 0.2) is 29.1 Å². The van der Waals surface area contributed by atoms with Gasteiger partial charge in [0.25, 0.3) is 5.56 Å². The van der Waals surface area contributed by atoms with Crippen molar-refractivity contribution in [3.63, 3.8) is 0 Å². The molecule has 2 aliphatic rings. The summed E-state index contributed by atoms with van der Waals surface area (Å²) in [6.45, 7) is 0.723. The number of phenols is 1. The number of pyridine rings is 2. The fraction of sp³-hybridized carbons (Fsp3) is 0.250. The zero-order valence-electron chi connectivity index (χ0n) is 15.0. The normalized spacial score (nSPS) is 17.2. The molecule has 0 radical (unpaired) electrons. The van der Waals surface area contributed by atoms with Crippen LogP contribution in [0.3, 0.4) is 0 Å². The lowest BCUT2D eigenvalue weighted by Crippen LogP contribution is -2.32. The van der Waals surface area contributed by atoms with Gasteiger partial charge in [0.05, 0.1) is 29.0 Å². The summed E-state index contributed by atoms with van der Waals surface area (Å²) >= 11 is 0. The Balaban J connectivity index is 1.82. The molecule has 8 heteroatoms. The first kappa shape index (κ1) is 16.9. The number of carbonyl (C=O) groups is 1. The summed E-state index contributed by atoms with van der Waals surface area (Å²) in [7, 11) is 1.83. The Kier molecular flexibility index (Phi) is 3.55. The molecule has 3 aromatic rings. The third-order valence-electron chi connectivity index (χ3n) is 5.41. The van der Waals surface area contributed by atoms with Crippen LogP contribution in [0.1, 0.15) is 28.4 Å². The highest BCUT2D eigenvalue weighted by Crippen LogP contribution is 2.38. The van der Waals surface area contributed by atoms with Gasteiger partial charge in [0.2, 0.25) is 0 Å². The van der Waals surface area contributed by atoms with Gasteiger partial charge in [-0.1, -0.05) is 0 Å². The summed E-state index contributed by atoms with van der Waals surface area (Å²) < 4.78 is 6.51. The van der Waals surface area contributed by atoms with E-state index in [0.717, 1.165) is 16.5 Å². The minimum absolute atomic E-state index is 0.146. The fourth-order valence-corrected chi connectivity index (χ4v) is 4.08. The first-order chi connectivity index (χ1) is 13.5. The number of esters is 1. The van der Waals surface area contributed by atoms with E-state index in [1.54, 1.807) is 28.8 Å². The molecule has 2 aliphatic heterocycles. The summed E-state index contributed by atoms with van der Waals surface area (Å²) in [4.78, 5) is 29.5. The first-order valence-electron chi connectivity index (χ1n) is 8.90. The van der Waals surface area contributed by atoms with E-state index in [2.05, 4.69) is 5.32 Å². The molecule has 4 heterocycles. The maximum absolute atomic E-state index is 13.0. The number of hydrogen-bond acceptors (Lipinski definition) is 7. The molecule has 2 aromatic heterocycles. The van der Waals surface area contributed by atoms with E-state index in [1.165, 1.54) is 0 Å². The Bertz CT molecular complexity index is 1230. The molecule has 8 nitrogen and oxygen atoms in total. The zero-order valence-corrected chi connectivity index (χ0v) is 15.0. The Morgan fingerprint density at radius 1 is 1.29 bits per heavy atom.